The number of fused-ring (bicyclic) bond motifs is 1. The van der Waals surface area contributed by atoms with E-state index in [1.807, 2.05) is 0 Å². The van der Waals surface area contributed by atoms with Crippen LogP contribution < -0.4 is 17.2 Å². The zero-order chi connectivity index (χ0) is 43.5. The van der Waals surface area contributed by atoms with Crippen LogP contribution in [0.4, 0.5) is 11.6 Å². The van der Waals surface area contributed by atoms with Gasteiger partial charge in [0.25, 0.3) is 0 Å². The van der Waals surface area contributed by atoms with Crippen LogP contribution in [0.15, 0.2) is 53.3 Å². The van der Waals surface area contributed by atoms with E-state index in [-0.39, 0.29) is 35.6 Å². The van der Waals surface area contributed by atoms with E-state index in [0.717, 1.165) is 17.1 Å². The summed E-state index contributed by atoms with van der Waals surface area (Å²) in [6.07, 6.45) is -8.64. The molecule has 0 spiro atoms. The first kappa shape index (κ1) is 44.9. The predicted octanol–water partition coefficient (Wildman–Crippen LogP) is -1.22. The SMILES string of the molecule is C=CCCC(=O)N(C)[C@H](Cc1cscn1)C(=O)O[C@H]1[C@@H](O)[C@H](n2cnc3c(N)ncnc32)O[C@H]1COP(=O)(O)O[C@H]1[C@@H](O)[C@H](n2ccc(N)nc2=O)O[C@@H]1COP(=O)(O)O. The number of aliphatic hydroxyl groups excluding tert-OH is 2. The number of phosphoric acid groups is 2. The third-order valence-electron chi connectivity index (χ3n) is 9.30. The number of ether oxygens (including phenoxy) is 3. The van der Waals surface area contributed by atoms with Gasteiger partial charge in [0.15, 0.2) is 30.0 Å². The van der Waals surface area contributed by atoms with E-state index in [2.05, 4.69) is 36.0 Å². The number of hydrogen-bond donors (Lipinski definition) is 7. The van der Waals surface area contributed by atoms with Crippen molar-refractivity contribution < 1.29 is 71.4 Å². The van der Waals surface area contributed by atoms with Crippen molar-refractivity contribution in [2.75, 3.05) is 31.7 Å². The summed E-state index contributed by atoms with van der Waals surface area (Å²) in [5, 5.41) is 24.5. The molecule has 1 amide bonds. The highest BCUT2D eigenvalue weighted by atomic mass is 32.1. The number of likely N-dealkylation sites (N-methyl/N-ethyl adjacent to an activating group) is 1. The van der Waals surface area contributed by atoms with Crippen molar-refractivity contribution in [1.29, 1.82) is 0 Å². The van der Waals surface area contributed by atoms with Gasteiger partial charge >= 0.3 is 27.3 Å². The molecule has 2 saturated heterocycles. The Kier molecular flexibility index (Phi) is 13.9. The highest BCUT2D eigenvalue weighted by Crippen LogP contribution is 2.50. The number of hydrogen-bond acceptors (Lipinski definition) is 21. The zero-order valence-corrected chi connectivity index (χ0v) is 33.8. The zero-order valence-electron chi connectivity index (χ0n) is 31.2. The molecule has 326 valence electrons. The maximum absolute atomic E-state index is 14.0. The number of phosphoric ester groups is 2. The molecule has 0 aliphatic carbocycles. The monoisotopic (exact) mass is 902 g/mol. The molecule has 29 heteroatoms. The fraction of sp³-hybridized carbons (Fsp3) is 0.484. The molecule has 4 aromatic rings. The first-order chi connectivity index (χ1) is 28.4. The van der Waals surface area contributed by atoms with Gasteiger partial charge < -0.3 is 55.5 Å². The molecule has 1 unspecified atom stereocenters. The Morgan fingerprint density at radius 3 is 2.38 bits per heavy atom. The van der Waals surface area contributed by atoms with Crippen molar-refractivity contribution in [3.8, 4) is 0 Å². The fourth-order valence-corrected chi connectivity index (χ4v) is 8.22. The summed E-state index contributed by atoms with van der Waals surface area (Å²) in [4.78, 5) is 90.3. The number of nitrogens with zero attached hydrogens (tertiary/aromatic N) is 8. The van der Waals surface area contributed by atoms with Crippen molar-refractivity contribution in [3.63, 3.8) is 0 Å². The van der Waals surface area contributed by atoms with Crippen LogP contribution in [0.1, 0.15) is 31.0 Å². The summed E-state index contributed by atoms with van der Waals surface area (Å²) in [6, 6.07) is -0.104. The van der Waals surface area contributed by atoms with E-state index in [1.54, 1.807) is 5.38 Å². The van der Waals surface area contributed by atoms with Crippen LogP contribution in [-0.4, -0.2) is 139 Å². The maximum Gasteiger partial charge on any atom is 0.472 e. The average molecular weight is 903 g/mol. The average Bonchev–Trinajstić information content (AvgIpc) is 3.99. The third kappa shape index (κ3) is 10.3. The quantitative estimate of drug-likeness (QED) is 0.0349. The topological polar surface area (TPSA) is 371 Å². The number of rotatable bonds is 18. The molecule has 2 fully saturated rings. The number of imidazole rings is 1. The second-order valence-electron chi connectivity index (χ2n) is 13.3. The minimum absolute atomic E-state index is 0.0103. The minimum Gasteiger partial charge on any atom is -0.455 e. The van der Waals surface area contributed by atoms with Gasteiger partial charge in [0.2, 0.25) is 5.91 Å². The van der Waals surface area contributed by atoms with Crippen LogP contribution in [0.25, 0.3) is 11.2 Å². The van der Waals surface area contributed by atoms with E-state index in [0.29, 0.717) is 12.1 Å². The molecule has 0 radical (unpaired) electrons. The molecular weight excluding hydrogens is 862 g/mol. The molecule has 4 aromatic heterocycles. The number of amides is 1. The molecule has 0 aromatic carbocycles. The Bertz CT molecular complexity index is 2330. The number of allylic oxidation sites excluding steroid dienone is 1. The van der Waals surface area contributed by atoms with Gasteiger partial charge in [-0.2, -0.15) is 4.98 Å². The Morgan fingerprint density at radius 2 is 1.72 bits per heavy atom. The van der Waals surface area contributed by atoms with Gasteiger partial charge in [-0.25, -0.2) is 38.7 Å². The van der Waals surface area contributed by atoms with Crippen LogP contribution in [0.3, 0.4) is 0 Å². The second kappa shape index (κ2) is 18.6. The first-order valence-corrected chi connectivity index (χ1v) is 21.6. The molecule has 6 rings (SSSR count). The minimum atomic E-state index is -5.41. The van der Waals surface area contributed by atoms with Gasteiger partial charge in [0.1, 0.15) is 54.2 Å². The van der Waals surface area contributed by atoms with Crippen molar-refractivity contribution >= 4 is 61.7 Å². The largest absolute Gasteiger partial charge is 0.472 e. The lowest BCUT2D eigenvalue weighted by molar-refractivity contribution is -0.165. The molecule has 0 bridgehead atoms. The number of aromatic nitrogens is 7. The summed E-state index contributed by atoms with van der Waals surface area (Å²) < 4.78 is 59.5. The smallest absolute Gasteiger partial charge is 0.455 e. The standard InChI is InChI=1S/C31H40N10O16P2S/c1-3-4-5-20(42)39(2)16(8-15-11-60-14-37-15)30(45)56-24-17(54-29(22(24)43)41-13-36-21-26(33)34-12-35-27(21)41)10-53-59(50,51)57-25-18(9-52-58(47,48)49)55-28(23(25)44)40-7-6-19(32)38-31(40)46/h3,6-7,11-14,16-18,22-25,28-29,43-44H,1,4-5,8-10H2,2H3,(H,50,51)(H2,32,38,46)(H2,33,34,35)(H2,47,48,49)/t16-,17+,18-,22-,23-,24-,25-,28-,29-/m1/s1. The molecule has 60 heavy (non-hydrogen) atoms. The van der Waals surface area contributed by atoms with Gasteiger partial charge in [0.05, 0.1) is 30.7 Å². The Hall–Kier alpha value is -4.60. The number of aliphatic hydroxyl groups is 2. The molecule has 2 aliphatic rings. The van der Waals surface area contributed by atoms with Crippen LogP contribution in [0.5, 0.6) is 0 Å². The van der Waals surface area contributed by atoms with Gasteiger partial charge in [-0.05, 0) is 12.5 Å². The fourth-order valence-electron chi connectivity index (χ4n) is 6.34. The number of thiazole rings is 1. The summed E-state index contributed by atoms with van der Waals surface area (Å²) in [5.74, 6) is -1.65. The van der Waals surface area contributed by atoms with E-state index in [1.165, 1.54) is 51.8 Å². The number of nitrogen functional groups attached to an aromatic ring is 2. The van der Waals surface area contributed by atoms with Gasteiger partial charge in [-0.3, -0.25) is 27.5 Å². The molecule has 6 heterocycles. The Labute approximate surface area is 342 Å². The van der Waals surface area contributed by atoms with Crippen LogP contribution in [0.2, 0.25) is 0 Å². The van der Waals surface area contributed by atoms with E-state index >= 15 is 0 Å². The van der Waals surface area contributed by atoms with E-state index < -0.39 is 102 Å². The van der Waals surface area contributed by atoms with E-state index in [4.69, 9.17) is 34.7 Å². The molecule has 10 atom stereocenters. The summed E-state index contributed by atoms with van der Waals surface area (Å²) in [7, 11) is -9.20. The summed E-state index contributed by atoms with van der Waals surface area (Å²) >= 11 is 1.25. The Morgan fingerprint density at radius 1 is 1.03 bits per heavy atom. The lowest BCUT2D eigenvalue weighted by Gasteiger charge is -2.29. The molecule has 9 N–H and O–H groups in total. The number of esters is 1. The molecule has 2 aliphatic heterocycles. The highest BCUT2D eigenvalue weighted by molar-refractivity contribution is 7.47. The normalized spacial score (nSPS) is 25.8. The van der Waals surface area contributed by atoms with Crippen molar-refractivity contribution in [1.82, 2.24) is 39.0 Å². The van der Waals surface area contributed by atoms with E-state index in [9.17, 15) is 48.4 Å². The lowest BCUT2D eigenvalue weighted by Crippen LogP contribution is -2.48. The van der Waals surface area contributed by atoms with Crippen molar-refractivity contribution in [2.24, 2.45) is 0 Å². The molecular formula is C31H40N10O16P2S. The summed E-state index contributed by atoms with van der Waals surface area (Å²) in [5.41, 5.74) is 12.7. The van der Waals surface area contributed by atoms with Gasteiger partial charge in [-0.1, -0.05) is 6.08 Å². The van der Waals surface area contributed by atoms with Crippen LogP contribution in [0, 0.1) is 0 Å². The predicted molar refractivity (Wildman–Crippen MR) is 203 cm³/mol. The van der Waals surface area contributed by atoms with Crippen molar-refractivity contribution in [2.45, 2.75) is 74.4 Å². The lowest BCUT2D eigenvalue weighted by atomic mass is 10.1. The van der Waals surface area contributed by atoms with Gasteiger partial charge in [-0.15, -0.1) is 17.9 Å². The number of nitrogens with two attached hydrogens (primary N) is 2. The number of carbonyl (C=O) groups excluding carboxylic acids is 2. The maximum atomic E-state index is 14.0. The highest BCUT2D eigenvalue weighted by Gasteiger charge is 2.52. The van der Waals surface area contributed by atoms with Crippen molar-refractivity contribution in [3.05, 3.63) is 64.6 Å². The molecule has 0 saturated carbocycles. The van der Waals surface area contributed by atoms with Crippen LogP contribution >= 0.6 is 27.0 Å². The third-order valence-corrected chi connectivity index (χ3v) is 11.4. The van der Waals surface area contributed by atoms with Crippen LogP contribution in [-0.2, 0) is 52.9 Å². The second-order valence-corrected chi connectivity index (χ2v) is 16.7. The first-order valence-electron chi connectivity index (χ1n) is 17.6. The number of anilines is 2. The Balaban J connectivity index is 1.26. The number of carbonyl (C=O) groups is 2. The van der Waals surface area contributed by atoms with Gasteiger partial charge in [0, 0.05) is 31.5 Å². The summed E-state index contributed by atoms with van der Waals surface area (Å²) in [6.45, 7) is 1.63. The molecule has 26 nitrogen and oxygen atoms in total.